The highest BCUT2D eigenvalue weighted by atomic mass is 32.2. The zero-order valence-corrected chi connectivity index (χ0v) is 19.1. The Morgan fingerprint density at radius 1 is 1.03 bits per heavy atom. The number of nitrogens with zero attached hydrogens (tertiary/aromatic N) is 1. The molecule has 0 aliphatic carbocycles. The highest BCUT2D eigenvalue weighted by molar-refractivity contribution is 7.89. The van der Waals surface area contributed by atoms with Crippen LogP contribution < -0.4 is 14.2 Å². The van der Waals surface area contributed by atoms with Gasteiger partial charge in [0.15, 0.2) is 0 Å². The normalized spacial score (nSPS) is 14.4. The van der Waals surface area contributed by atoms with Crippen molar-refractivity contribution in [2.75, 3.05) is 33.4 Å². The quantitative estimate of drug-likeness (QED) is 0.629. The molecule has 1 aliphatic heterocycles. The predicted octanol–water partition coefficient (Wildman–Crippen LogP) is 3.30. The second-order valence-electron chi connectivity index (χ2n) is 7.78. The minimum atomic E-state index is -3.80. The Balaban J connectivity index is 1.67. The summed E-state index contributed by atoms with van der Waals surface area (Å²) in [5, 5.41) is 0. The van der Waals surface area contributed by atoms with Crippen molar-refractivity contribution >= 4 is 15.9 Å². The maximum Gasteiger partial charge on any atom is 0.257 e. The number of methoxy groups -OCH3 is 1. The van der Waals surface area contributed by atoms with Gasteiger partial charge in [0.2, 0.25) is 10.0 Å². The van der Waals surface area contributed by atoms with Gasteiger partial charge in [0, 0.05) is 19.6 Å². The third-order valence-electron chi connectivity index (χ3n) is 5.21. The molecule has 2 aromatic rings. The molecule has 8 heteroatoms. The SMILES string of the molecule is COc1ccc(S(=O)(=O)NCCOc2cc(C)cc(C)c2)cc1C(=O)N1CCCCC1. The van der Waals surface area contributed by atoms with Crippen LogP contribution in [-0.4, -0.2) is 52.6 Å². The Kier molecular flexibility index (Phi) is 7.56. The summed E-state index contributed by atoms with van der Waals surface area (Å²) in [5.74, 6) is 0.870. The van der Waals surface area contributed by atoms with Crippen LogP contribution >= 0.6 is 0 Å². The summed E-state index contributed by atoms with van der Waals surface area (Å²) < 4.78 is 39.1. The molecule has 1 aliphatic rings. The Hall–Kier alpha value is -2.58. The van der Waals surface area contributed by atoms with Gasteiger partial charge in [-0.25, -0.2) is 13.1 Å². The maximum absolute atomic E-state index is 12.9. The van der Waals surface area contributed by atoms with E-state index in [1.807, 2.05) is 32.0 Å². The fourth-order valence-electron chi connectivity index (χ4n) is 3.73. The minimum Gasteiger partial charge on any atom is -0.496 e. The second kappa shape index (κ2) is 10.2. The van der Waals surface area contributed by atoms with E-state index in [1.54, 1.807) is 4.90 Å². The number of likely N-dealkylation sites (tertiary alicyclic amines) is 1. The van der Waals surface area contributed by atoms with Crippen LogP contribution in [0.2, 0.25) is 0 Å². The summed E-state index contributed by atoms with van der Waals surface area (Å²) in [4.78, 5) is 14.7. The van der Waals surface area contributed by atoms with Crippen LogP contribution in [0.3, 0.4) is 0 Å². The Bertz CT molecular complexity index is 1010. The topological polar surface area (TPSA) is 84.9 Å². The van der Waals surface area contributed by atoms with E-state index in [0.717, 1.165) is 30.4 Å². The number of carbonyl (C=O) groups excluding carboxylic acids is 1. The summed E-state index contributed by atoms with van der Waals surface area (Å²) in [6, 6.07) is 10.2. The van der Waals surface area contributed by atoms with Crippen LogP contribution in [0.1, 0.15) is 40.7 Å². The molecular weight excluding hydrogens is 416 g/mol. The van der Waals surface area contributed by atoms with Crippen molar-refractivity contribution in [1.29, 1.82) is 0 Å². The van der Waals surface area contributed by atoms with Gasteiger partial charge in [-0.15, -0.1) is 0 Å². The number of carbonyl (C=O) groups is 1. The van der Waals surface area contributed by atoms with E-state index >= 15 is 0 Å². The van der Waals surface area contributed by atoms with Crippen molar-refractivity contribution in [2.24, 2.45) is 0 Å². The van der Waals surface area contributed by atoms with Crippen LogP contribution in [0.25, 0.3) is 0 Å². The number of rotatable bonds is 8. The monoisotopic (exact) mass is 446 g/mol. The van der Waals surface area contributed by atoms with Gasteiger partial charge < -0.3 is 14.4 Å². The number of hydrogen-bond acceptors (Lipinski definition) is 5. The van der Waals surface area contributed by atoms with Crippen molar-refractivity contribution in [2.45, 2.75) is 38.0 Å². The van der Waals surface area contributed by atoms with Crippen molar-refractivity contribution in [3.8, 4) is 11.5 Å². The van der Waals surface area contributed by atoms with Crippen LogP contribution in [-0.2, 0) is 10.0 Å². The molecule has 0 unspecified atom stereocenters. The summed E-state index contributed by atoms with van der Waals surface area (Å²) >= 11 is 0. The predicted molar refractivity (Wildman–Crippen MR) is 119 cm³/mol. The fraction of sp³-hybridized carbons (Fsp3) is 0.435. The molecular formula is C23H30N2O5S. The first-order chi connectivity index (χ1) is 14.8. The number of aryl methyl sites for hydroxylation is 2. The largest absolute Gasteiger partial charge is 0.496 e. The van der Waals surface area contributed by atoms with Crippen LogP contribution in [0.15, 0.2) is 41.3 Å². The maximum atomic E-state index is 12.9. The van der Waals surface area contributed by atoms with E-state index in [0.29, 0.717) is 24.6 Å². The Morgan fingerprint density at radius 2 is 1.71 bits per heavy atom. The van der Waals surface area contributed by atoms with Gasteiger partial charge in [-0.3, -0.25) is 4.79 Å². The van der Waals surface area contributed by atoms with Crippen LogP contribution in [0, 0.1) is 13.8 Å². The third-order valence-corrected chi connectivity index (χ3v) is 6.67. The molecule has 0 radical (unpaired) electrons. The third kappa shape index (κ3) is 5.98. The smallest absolute Gasteiger partial charge is 0.257 e. The number of benzene rings is 2. The molecule has 0 aromatic heterocycles. The lowest BCUT2D eigenvalue weighted by Crippen LogP contribution is -2.36. The highest BCUT2D eigenvalue weighted by Gasteiger charge is 2.24. The zero-order chi connectivity index (χ0) is 22.4. The first kappa shape index (κ1) is 23.1. The first-order valence-electron chi connectivity index (χ1n) is 10.5. The summed E-state index contributed by atoms with van der Waals surface area (Å²) in [6.07, 6.45) is 3.01. The van der Waals surface area contributed by atoms with Gasteiger partial charge in [-0.1, -0.05) is 6.07 Å². The molecule has 7 nitrogen and oxygen atoms in total. The van der Waals surface area contributed by atoms with E-state index in [2.05, 4.69) is 4.72 Å². The molecule has 3 rings (SSSR count). The number of ether oxygens (including phenoxy) is 2. The van der Waals surface area contributed by atoms with E-state index < -0.39 is 10.0 Å². The van der Waals surface area contributed by atoms with E-state index in [-0.39, 0.29) is 29.5 Å². The standard InChI is InChI=1S/C23H30N2O5S/c1-17-13-18(2)15-19(14-17)30-12-9-24-31(27,28)20-7-8-22(29-3)21(16-20)23(26)25-10-5-4-6-11-25/h7-8,13-16,24H,4-6,9-12H2,1-3H3. The van der Waals surface area contributed by atoms with Gasteiger partial charge >= 0.3 is 0 Å². The second-order valence-corrected chi connectivity index (χ2v) is 9.55. The van der Waals surface area contributed by atoms with Crippen molar-refractivity contribution in [1.82, 2.24) is 9.62 Å². The molecule has 0 atom stereocenters. The summed E-state index contributed by atoms with van der Waals surface area (Å²) in [5.41, 5.74) is 2.43. The Labute approximate surface area is 184 Å². The number of hydrogen-bond donors (Lipinski definition) is 1. The fourth-order valence-corrected chi connectivity index (χ4v) is 4.77. The zero-order valence-electron chi connectivity index (χ0n) is 18.3. The van der Waals surface area contributed by atoms with Crippen LogP contribution in [0.5, 0.6) is 11.5 Å². The molecule has 2 aromatic carbocycles. The molecule has 1 amide bonds. The van der Waals surface area contributed by atoms with Gasteiger partial charge in [-0.2, -0.15) is 0 Å². The molecule has 1 heterocycles. The number of piperidine rings is 1. The average molecular weight is 447 g/mol. The molecule has 1 saturated heterocycles. The van der Waals surface area contributed by atoms with Crippen LogP contribution in [0.4, 0.5) is 0 Å². The van der Waals surface area contributed by atoms with E-state index in [1.165, 1.54) is 25.3 Å². The molecule has 1 fully saturated rings. The Morgan fingerprint density at radius 3 is 2.35 bits per heavy atom. The summed E-state index contributed by atoms with van der Waals surface area (Å²) in [6.45, 7) is 5.61. The van der Waals surface area contributed by atoms with Crippen molar-refractivity contribution in [3.05, 3.63) is 53.1 Å². The highest BCUT2D eigenvalue weighted by Crippen LogP contribution is 2.25. The first-order valence-corrected chi connectivity index (χ1v) is 12.0. The molecule has 0 bridgehead atoms. The lowest BCUT2D eigenvalue weighted by Gasteiger charge is -2.27. The van der Waals surface area contributed by atoms with Gasteiger partial charge in [0.25, 0.3) is 5.91 Å². The molecule has 0 spiro atoms. The van der Waals surface area contributed by atoms with Crippen molar-refractivity contribution < 1.29 is 22.7 Å². The minimum absolute atomic E-state index is 0.0278. The molecule has 168 valence electrons. The van der Waals surface area contributed by atoms with Gasteiger partial charge in [0.1, 0.15) is 18.1 Å². The number of amides is 1. The number of nitrogens with one attached hydrogen (secondary N) is 1. The average Bonchev–Trinajstić information content (AvgIpc) is 2.75. The molecule has 31 heavy (non-hydrogen) atoms. The molecule has 0 saturated carbocycles. The van der Waals surface area contributed by atoms with E-state index in [4.69, 9.17) is 9.47 Å². The van der Waals surface area contributed by atoms with Gasteiger partial charge in [0.05, 0.1) is 17.6 Å². The number of sulfonamides is 1. The molecule has 1 N–H and O–H groups in total. The van der Waals surface area contributed by atoms with Crippen molar-refractivity contribution in [3.63, 3.8) is 0 Å². The summed E-state index contributed by atoms with van der Waals surface area (Å²) in [7, 11) is -2.33. The lowest BCUT2D eigenvalue weighted by atomic mass is 10.1. The van der Waals surface area contributed by atoms with Gasteiger partial charge in [-0.05, 0) is 74.6 Å². The van der Waals surface area contributed by atoms with E-state index in [9.17, 15) is 13.2 Å². The lowest BCUT2D eigenvalue weighted by molar-refractivity contribution is 0.0720.